The van der Waals surface area contributed by atoms with Crippen LogP contribution in [-0.2, 0) is 13.0 Å². The molecular weight excluding hydrogens is 317 g/mol. The highest BCUT2D eigenvalue weighted by Crippen LogP contribution is 2.31. The molecule has 1 unspecified atom stereocenters. The molecular formula is C15H16FN5O3. The number of nitro groups is 1. The second kappa shape index (κ2) is 6.65. The average molecular weight is 333 g/mol. The number of fused-ring (bicyclic) bond motifs is 1. The molecule has 126 valence electrons. The Morgan fingerprint density at radius 1 is 1.50 bits per heavy atom. The van der Waals surface area contributed by atoms with Gasteiger partial charge in [-0.1, -0.05) is 6.07 Å². The molecule has 0 aliphatic heterocycles. The van der Waals surface area contributed by atoms with Gasteiger partial charge in [0.15, 0.2) is 0 Å². The number of urea groups is 1. The predicted octanol–water partition coefficient (Wildman–Crippen LogP) is 1.92. The van der Waals surface area contributed by atoms with Crippen LogP contribution in [0.2, 0.25) is 0 Å². The number of aromatic nitrogens is 2. The maximum absolute atomic E-state index is 13.3. The van der Waals surface area contributed by atoms with Gasteiger partial charge >= 0.3 is 11.7 Å². The van der Waals surface area contributed by atoms with E-state index in [1.165, 1.54) is 23.0 Å². The summed E-state index contributed by atoms with van der Waals surface area (Å²) < 4.78 is 14.7. The fourth-order valence-electron chi connectivity index (χ4n) is 2.79. The van der Waals surface area contributed by atoms with E-state index in [1.807, 2.05) is 0 Å². The van der Waals surface area contributed by atoms with Crippen LogP contribution in [0, 0.1) is 15.9 Å². The summed E-state index contributed by atoms with van der Waals surface area (Å²) in [6, 6.07) is 4.05. The van der Waals surface area contributed by atoms with Crippen molar-refractivity contribution in [3.05, 3.63) is 57.7 Å². The minimum absolute atomic E-state index is 0.0935. The lowest BCUT2D eigenvalue weighted by molar-refractivity contribution is -0.385. The van der Waals surface area contributed by atoms with Crippen LogP contribution in [0.25, 0.3) is 0 Å². The number of hydrogen-bond donors (Lipinski definition) is 2. The van der Waals surface area contributed by atoms with Crippen LogP contribution >= 0.6 is 0 Å². The summed E-state index contributed by atoms with van der Waals surface area (Å²) >= 11 is 0. The number of rotatable bonds is 5. The first kappa shape index (κ1) is 15.9. The van der Waals surface area contributed by atoms with Crippen LogP contribution < -0.4 is 10.6 Å². The van der Waals surface area contributed by atoms with Crippen LogP contribution in [0.5, 0.6) is 0 Å². The van der Waals surface area contributed by atoms with E-state index in [2.05, 4.69) is 15.7 Å². The SMILES string of the molecule is O=C(NCCn1cc([N+](=O)[O-])cn1)NC1CCc2ccc(F)cc21. The molecule has 2 N–H and O–H groups in total. The number of carbonyl (C=O) groups is 1. The number of halogens is 1. The second-order valence-electron chi connectivity index (χ2n) is 5.55. The van der Waals surface area contributed by atoms with Crippen molar-refractivity contribution < 1.29 is 14.1 Å². The Morgan fingerprint density at radius 2 is 2.33 bits per heavy atom. The number of carbonyl (C=O) groups excluding carboxylic acids is 1. The van der Waals surface area contributed by atoms with E-state index in [0.717, 1.165) is 30.2 Å². The lowest BCUT2D eigenvalue weighted by atomic mass is 10.1. The fourth-order valence-corrected chi connectivity index (χ4v) is 2.79. The van der Waals surface area contributed by atoms with Gasteiger partial charge in [-0.2, -0.15) is 5.10 Å². The molecule has 3 rings (SSSR count). The summed E-state index contributed by atoms with van der Waals surface area (Å²) in [5, 5.41) is 19.9. The quantitative estimate of drug-likeness (QED) is 0.644. The summed E-state index contributed by atoms with van der Waals surface area (Å²) in [6.45, 7) is 0.588. The Balaban J connectivity index is 1.48. The Labute approximate surface area is 136 Å². The molecule has 0 bridgehead atoms. The first-order valence-electron chi connectivity index (χ1n) is 7.52. The smallest absolute Gasteiger partial charge is 0.315 e. The van der Waals surface area contributed by atoms with Crippen molar-refractivity contribution in [3.8, 4) is 0 Å². The summed E-state index contributed by atoms with van der Waals surface area (Å²) in [7, 11) is 0. The van der Waals surface area contributed by atoms with Gasteiger partial charge in [-0.3, -0.25) is 14.8 Å². The largest absolute Gasteiger partial charge is 0.336 e. The van der Waals surface area contributed by atoms with Gasteiger partial charge < -0.3 is 10.6 Å². The van der Waals surface area contributed by atoms with Crippen molar-refractivity contribution >= 4 is 11.7 Å². The molecule has 0 saturated carbocycles. The minimum atomic E-state index is -0.527. The van der Waals surface area contributed by atoms with Gasteiger partial charge in [0.25, 0.3) is 0 Å². The molecule has 8 nitrogen and oxygen atoms in total. The molecule has 1 aromatic heterocycles. The van der Waals surface area contributed by atoms with E-state index in [1.54, 1.807) is 6.07 Å². The Kier molecular flexibility index (Phi) is 4.41. The highest BCUT2D eigenvalue weighted by Gasteiger charge is 2.24. The summed E-state index contributed by atoms with van der Waals surface area (Å²) in [6.07, 6.45) is 3.99. The van der Waals surface area contributed by atoms with Crippen LogP contribution in [0.4, 0.5) is 14.9 Å². The number of nitrogens with one attached hydrogen (secondary N) is 2. The maximum atomic E-state index is 13.3. The first-order chi connectivity index (χ1) is 11.5. The van der Waals surface area contributed by atoms with E-state index in [4.69, 9.17) is 0 Å². The van der Waals surface area contributed by atoms with Crippen molar-refractivity contribution in [1.29, 1.82) is 0 Å². The fraction of sp³-hybridized carbons (Fsp3) is 0.333. The van der Waals surface area contributed by atoms with Crippen molar-refractivity contribution in [3.63, 3.8) is 0 Å². The molecule has 1 aliphatic rings. The molecule has 2 amide bonds. The van der Waals surface area contributed by atoms with Crippen molar-refractivity contribution in [1.82, 2.24) is 20.4 Å². The lowest BCUT2D eigenvalue weighted by Gasteiger charge is -2.15. The molecule has 0 radical (unpaired) electrons. The standard InChI is InChI=1S/C15H16FN5O3/c16-11-3-1-10-2-4-14(13(10)7-11)19-15(22)17-5-6-20-9-12(8-18-20)21(23)24/h1,3,7-9,14H,2,4-6H2,(H2,17,19,22). The number of nitrogens with zero attached hydrogens (tertiary/aromatic N) is 3. The predicted molar refractivity (Wildman–Crippen MR) is 82.9 cm³/mol. The highest BCUT2D eigenvalue weighted by atomic mass is 19.1. The van der Waals surface area contributed by atoms with Crippen LogP contribution in [-0.4, -0.2) is 27.3 Å². The third-order valence-corrected chi connectivity index (χ3v) is 3.95. The number of hydrogen-bond acceptors (Lipinski definition) is 4. The third-order valence-electron chi connectivity index (χ3n) is 3.95. The molecule has 0 saturated heterocycles. The number of benzene rings is 1. The zero-order valence-corrected chi connectivity index (χ0v) is 12.7. The number of amides is 2. The van der Waals surface area contributed by atoms with Gasteiger partial charge in [0.2, 0.25) is 0 Å². The van der Waals surface area contributed by atoms with E-state index in [0.29, 0.717) is 6.54 Å². The monoisotopic (exact) mass is 333 g/mol. The van der Waals surface area contributed by atoms with E-state index < -0.39 is 4.92 Å². The lowest BCUT2D eigenvalue weighted by Crippen LogP contribution is -2.38. The number of aryl methyl sites for hydroxylation is 1. The molecule has 1 aromatic carbocycles. The summed E-state index contributed by atoms with van der Waals surface area (Å²) in [5.41, 5.74) is 1.77. The van der Waals surface area contributed by atoms with Gasteiger partial charge in [0.05, 0.1) is 17.5 Å². The van der Waals surface area contributed by atoms with Gasteiger partial charge in [-0.15, -0.1) is 0 Å². The summed E-state index contributed by atoms with van der Waals surface area (Å²) in [4.78, 5) is 22.0. The Bertz CT molecular complexity index is 776. The van der Waals surface area contributed by atoms with Crippen molar-refractivity contribution in [2.45, 2.75) is 25.4 Å². The third kappa shape index (κ3) is 3.50. The molecule has 0 fully saturated rings. The van der Waals surface area contributed by atoms with Gasteiger partial charge in [-0.25, -0.2) is 9.18 Å². The molecule has 0 spiro atoms. The zero-order valence-electron chi connectivity index (χ0n) is 12.7. The van der Waals surface area contributed by atoms with Crippen LogP contribution in [0.15, 0.2) is 30.6 Å². The average Bonchev–Trinajstić information content (AvgIpc) is 3.15. The van der Waals surface area contributed by atoms with Gasteiger partial charge in [0.1, 0.15) is 18.2 Å². The van der Waals surface area contributed by atoms with Gasteiger partial charge in [0, 0.05) is 6.54 Å². The van der Waals surface area contributed by atoms with Crippen LogP contribution in [0.3, 0.4) is 0 Å². The molecule has 24 heavy (non-hydrogen) atoms. The zero-order chi connectivity index (χ0) is 17.1. The maximum Gasteiger partial charge on any atom is 0.315 e. The van der Waals surface area contributed by atoms with Crippen molar-refractivity contribution in [2.75, 3.05) is 6.54 Å². The van der Waals surface area contributed by atoms with E-state index in [9.17, 15) is 19.3 Å². The van der Waals surface area contributed by atoms with Crippen LogP contribution in [0.1, 0.15) is 23.6 Å². The Morgan fingerprint density at radius 3 is 3.08 bits per heavy atom. The molecule has 2 aromatic rings. The normalized spacial score (nSPS) is 15.8. The van der Waals surface area contributed by atoms with Gasteiger partial charge in [-0.05, 0) is 36.1 Å². The second-order valence-corrected chi connectivity index (χ2v) is 5.55. The molecule has 1 heterocycles. The molecule has 1 atom stereocenters. The van der Waals surface area contributed by atoms with E-state index in [-0.39, 0.29) is 30.1 Å². The highest BCUT2D eigenvalue weighted by molar-refractivity contribution is 5.74. The van der Waals surface area contributed by atoms with E-state index >= 15 is 0 Å². The molecule has 9 heteroatoms. The topological polar surface area (TPSA) is 102 Å². The minimum Gasteiger partial charge on any atom is -0.336 e. The summed E-state index contributed by atoms with van der Waals surface area (Å²) in [5.74, 6) is -0.317. The first-order valence-corrected chi connectivity index (χ1v) is 7.52. The Hall–Kier alpha value is -2.97. The van der Waals surface area contributed by atoms with Crippen molar-refractivity contribution in [2.24, 2.45) is 0 Å². The molecule has 1 aliphatic carbocycles.